The van der Waals surface area contributed by atoms with Crippen molar-refractivity contribution in [2.24, 2.45) is 0 Å². The fraction of sp³-hybridized carbons (Fsp3) is 0.364. The molecular formula is C11H14BrNO2. The molecule has 2 N–H and O–H groups in total. The number of hydrogen-bond donors (Lipinski definition) is 2. The first kappa shape index (κ1) is 12.2. The maximum Gasteiger partial charge on any atom is 0.224 e. The van der Waals surface area contributed by atoms with Crippen LogP contribution in [0.5, 0.6) is 0 Å². The topological polar surface area (TPSA) is 49.3 Å². The summed E-state index contributed by atoms with van der Waals surface area (Å²) in [6.07, 6.45) is 0.380. The molecule has 1 atom stereocenters. The number of carbonyl (C=O) groups excluding carboxylic acids is 1. The highest BCUT2D eigenvalue weighted by molar-refractivity contribution is 9.10. The van der Waals surface area contributed by atoms with Gasteiger partial charge in [-0.1, -0.05) is 12.1 Å². The van der Waals surface area contributed by atoms with E-state index in [1.54, 1.807) is 6.92 Å². The van der Waals surface area contributed by atoms with Crippen LogP contribution in [-0.4, -0.2) is 17.1 Å². The Morgan fingerprint density at radius 1 is 1.53 bits per heavy atom. The molecule has 0 radical (unpaired) electrons. The maximum atomic E-state index is 11.4. The number of rotatable bonds is 4. The fourth-order valence-corrected chi connectivity index (χ4v) is 1.50. The highest BCUT2D eigenvalue weighted by atomic mass is 79.9. The zero-order valence-electron chi connectivity index (χ0n) is 8.53. The molecule has 3 nitrogen and oxygen atoms in total. The van der Waals surface area contributed by atoms with Crippen LogP contribution in [-0.2, 0) is 4.79 Å². The number of para-hydroxylation sites is 1. The summed E-state index contributed by atoms with van der Waals surface area (Å²) in [6, 6.07) is 7.43. The minimum absolute atomic E-state index is 0.0807. The van der Waals surface area contributed by atoms with Gasteiger partial charge in [0.25, 0.3) is 0 Å². The minimum atomic E-state index is -0.435. The summed E-state index contributed by atoms with van der Waals surface area (Å²) >= 11 is 3.34. The number of benzene rings is 1. The van der Waals surface area contributed by atoms with Gasteiger partial charge in [-0.3, -0.25) is 4.79 Å². The van der Waals surface area contributed by atoms with E-state index in [1.165, 1.54) is 0 Å². The van der Waals surface area contributed by atoms with Crippen molar-refractivity contribution in [3.63, 3.8) is 0 Å². The van der Waals surface area contributed by atoms with Crippen molar-refractivity contribution in [1.82, 2.24) is 0 Å². The van der Waals surface area contributed by atoms with Gasteiger partial charge in [0.1, 0.15) is 0 Å². The van der Waals surface area contributed by atoms with Crippen molar-refractivity contribution in [2.75, 3.05) is 5.32 Å². The normalized spacial score (nSPS) is 12.2. The Bertz CT molecular complexity index is 339. The molecule has 82 valence electrons. The molecule has 1 rings (SSSR count). The quantitative estimate of drug-likeness (QED) is 0.884. The molecule has 0 aliphatic carbocycles. The van der Waals surface area contributed by atoms with Gasteiger partial charge in [0.2, 0.25) is 5.91 Å². The smallest absolute Gasteiger partial charge is 0.224 e. The zero-order valence-corrected chi connectivity index (χ0v) is 10.1. The van der Waals surface area contributed by atoms with Gasteiger partial charge in [0.15, 0.2) is 0 Å². The molecule has 1 aromatic carbocycles. The highest BCUT2D eigenvalue weighted by Gasteiger charge is 2.06. The summed E-state index contributed by atoms with van der Waals surface area (Å²) in [5.74, 6) is -0.0807. The molecule has 0 fully saturated rings. The van der Waals surface area contributed by atoms with Crippen LogP contribution in [0.4, 0.5) is 5.69 Å². The SMILES string of the molecule is CC(O)CCC(=O)Nc1ccccc1Br. The van der Waals surface area contributed by atoms with Crippen LogP contribution in [0.25, 0.3) is 0 Å². The largest absolute Gasteiger partial charge is 0.393 e. The van der Waals surface area contributed by atoms with E-state index in [0.717, 1.165) is 10.2 Å². The van der Waals surface area contributed by atoms with Crippen molar-refractivity contribution in [2.45, 2.75) is 25.9 Å². The van der Waals surface area contributed by atoms with Crippen LogP contribution < -0.4 is 5.32 Å². The van der Waals surface area contributed by atoms with E-state index >= 15 is 0 Å². The first-order valence-corrected chi connectivity index (χ1v) is 5.61. The molecule has 1 unspecified atom stereocenters. The van der Waals surface area contributed by atoms with Gasteiger partial charge in [-0.25, -0.2) is 0 Å². The number of aliphatic hydroxyl groups excluding tert-OH is 1. The first-order valence-electron chi connectivity index (χ1n) is 4.82. The third-order valence-corrected chi connectivity index (χ3v) is 2.63. The van der Waals surface area contributed by atoms with Crippen LogP contribution >= 0.6 is 15.9 Å². The molecular weight excluding hydrogens is 258 g/mol. The van der Waals surface area contributed by atoms with Crippen LogP contribution in [0.1, 0.15) is 19.8 Å². The maximum absolute atomic E-state index is 11.4. The predicted molar refractivity (Wildman–Crippen MR) is 63.7 cm³/mol. The Labute approximate surface area is 97.6 Å². The molecule has 0 heterocycles. The Morgan fingerprint density at radius 2 is 2.20 bits per heavy atom. The molecule has 0 aliphatic heterocycles. The average molecular weight is 272 g/mol. The van der Waals surface area contributed by atoms with Crippen molar-refractivity contribution < 1.29 is 9.90 Å². The standard InChI is InChI=1S/C11H14BrNO2/c1-8(14)6-7-11(15)13-10-5-3-2-4-9(10)12/h2-5,8,14H,6-7H2,1H3,(H,13,15). The monoisotopic (exact) mass is 271 g/mol. The van der Waals surface area contributed by atoms with Gasteiger partial charge in [-0.15, -0.1) is 0 Å². The van der Waals surface area contributed by atoms with Crippen LogP contribution in [0.3, 0.4) is 0 Å². The third-order valence-electron chi connectivity index (χ3n) is 1.94. The summed E-state index contributed by atoms with van der Waals surface area (Å²) in [5, 5.41) is 11.8. The van der Waals surface area contributed by atoms with Crippen LogP contribution in [0, 0.1) is 0 Å². The van der Waals surface area contributed by atoms with E-state index in [4.69, 9.17) is 5.11 Å². The van der Waals surface area contributed by atoms with Crippen molar-refractivity contribution in [3.05, 3.63) is 28.7 Å². The Kier molecular flexibility index (Phi) is 4.78. The molecule has 0 saturated carbocycles. The van der Waals surface area contributed by atoms with Gasteiger partial charge in [0, 0.05) is 10.9 Å². The summed E-state index contributed by atoms with van der Waals surface area (Å²) < 4.78 is 0.857. The first-order chi connectivity index (χ1) is 7.09. The van der Waals surface area contributed by atoms with E-state index in [-0.39, 0.29) is 5.91 Å². The summed E-state index contributed by atoms with van der Waals surface area (Å²) in [7, 11) is 0. The van der Waals surface area contributed by atoms with Gasteiger partial charge in [0.05, 0.1) is 11.8 Å². The lowest BCUT2D eigenvalue weighted by molar-refractivity contribution is -0.116. The summed E-state index contributed by atoms with van der Waals surface area (Å²) in [5.41, 5.74) is 0.757. The predicted octanol–water partition coefficient (Wildman–Crippen LogP) is 2.55. The molecule has 0 aromatic heterocycles. The lowest BCUT2D eigenvalue weighted by Crippen LogP contribution is -2.14. The zero-order chi connectivity index (χ0) is 11.3. The van der Waals surface area contributed by atoms with E-state index in [2.05, 4.69) is 21.2 Å². The van der Waals surface area contributed by atoms with Gasteiger partial charge < -0.3 is 10.4 Å². The number of amides is 1. The molecule has 0 saturated heterocycles. The minimum Gasteiger partial charge on any atom is -0.393 e. The summed E-state index contributed by atoms with van der Waals surface area (Å²) in [6.45, 7) is 1.67. The molecule has 0 bridgehead atoms. The summed E-state index contributed by atoms with van der Waals surface area (Å²) in [4.78, 5) is 11.4. The fourth-order valence-electron chi connectivity index (χ4n) is 1.12. The third kappa shape index (κ3) is 4.44. The van der Waals surface area contributed by atoms with Crippen molar-refractivity contribution in [1.29, 1.82) is 0 Å². The average Bonchev–Trinajstić information content (AvgIpc) is 2.18. The number of hydrogen-bond acceptors (Lipinski definition) is 2. The second kappa shape index (κ2) is 5.88. The molecule has 1 aromatic rings. The number of carbonyl (C=O) groups is 1. The Balaban J connectivity index is 2.48. The lowest BCUT2D eigenvalue weighted by Gasteiger charge is -2.07. The molecule has 15 heavy (non-hydrogen) atoms. The molecule has 4 heteroatoms. The number of aliphatic hydroxyl groups is 1. The molecule has 0 spiro atoms. The van der Waals surface area contributed by atoms with Crippen LogP contribution in [0.2, 0.25) is 0 Å². The molecule has 0 aliphatic rings. The Morgan fingerprint density at radius 3 is 2.80 bits per heavy atom. The highest BCUT2D eigenvalue weighted by Crippen LogP contribution is 2.21. The van der Waals surface area contributed by atoms with Crippen molar-refractivity contribution in [3.8, 4) is 0 Å². The van der Waals surface area contributed by atoms with E-state index in [9.17, 15) is 4.79 Å². The van der Waals surface area contributed by atoms with E-state index in [1.807, 2.05) is 24.3 Å². The number of anilines is 1. The van der Waals surface area contributed by atoms with Crippen LogP contribution in [0.15, 0.2) is 28.7 Å². The lowest BCUT2D eigenvalue weighted by atomic mass is 10.2. The number of halogens is 1. The van der Waals surface area contributed by atoms with Gasteiger partial charge >= 0.3 is 0 Å². The van der Waals surface area contributed by atoms with Gasteiger partial charge in [-0.2, -0.15) is 0 Å². The second-order valence-electron chi connectivity index (χ2n) is 3.42. The number of nitrogens with one attached hydrogen (secondary N) is 1. The molecule has 1 amide bonds. The van der Waals surface area contributed by atoms with E-state index < -0.39 is 6.10 Å². The van der Waals surface area contributed by atoms with E-state index in [0.29, 0.717) is 12.8 Å². The Hall–Kier alpha value is -0.870. The van der Waals surface area contributed by atoms with Crippen molar-refractivity contribution >= 4 is 27.5 Å². The van der Waals surface area contributed by atoms with Gasteiger partial charge in [-0.05, 0) is 41.4 Å². The second-order valence-corrected chi connectivity index (χ2v) is 4.27.